The first-order valence-corrected chi connectivity index (χ1v) is 11.5. The number of hydrogen-bond acceptors (Lipinski definition) is 3. The van der Waals surface area contributed by atoms with Crippen LogP contribution in [0, 0.1) is 0 Å². The molecule has 1 unspecified atom stereocenters. The van der Waals surface area contributed by atoms with Crippen molar-refractivity contribution in [2.45, 2.75) is 19.6 Å². The maximum absolute atomic E-state index is 12.9. The van der Waals surface area contributed by atoms with Crippen molar-refractivity contribution in [1.29, 1.82) is 0 Å². The number of rotatable bonds is 4. The van der Waals surface area contributed by atoms with Gasteiger partial charge >= 0.3 is 0 Å². The minimum Gasteiger partial charge on any atom is -0.249 e. The Morgan fingerprint density at radius 2 is 1.15 bits per heavy atom. The highest BCUT2D eigenvalue weighted by atomic mass is 35.5. The molecule has 3 aromatic carbocycles. The average molecular weight is 480 g/mol. The largest absolute Gasteiger partial charge is 0.249 e. The van der Waals surface area contributed by atoms with Crippen LogP contribution in [0.3, 0.4) is 0 Å². The molecule has 0 radical (unpaired) electrons. The monoisotopic (exact) mass is 478 g/mol. The third-order valence-corrected chi connectivity index (χ3v) is 7.48. The van der Waals surface area contributed by atoms with Crippen molar-refractivity contribution in [2.75, 3.05) is 0 Å². The molecule has 0 spiro atoms. The van der Waals surface area contributed by atoms with Gasteiger partial charge in [-0.05, 0) is 54.6 Å². The van der Waals surface area contributed by atoms with Crippen LogP contribution in [0.1, 0.15) is 0 Å². The van der Waals surface area contributed by atoms with Gasteiger partial charge in [0.25, 0.3) is 0 Å². The second-order valence-corrected chi connectivity index (χ2v) is 10.6. The molecule has 0 heterocycles. The Labute approximate surface area is 179 Å². The van der Waals surface area contributed by atoms with E-state index in [9.17, 15) is 12.6 Å². The second-order valence-electron chi connectivity index (χ2n) is 5.46. The number of halogens is 4. The molecule has 140 valence electrons. The van der Waals surface area contributed by atoms with Crippen molar-refractivity contribution >= 4 is 67.0 Å². The Morgan fingerprint density at radius 1 is 0.630 bits per heavy atom. The maximum Gasteiger partial charge on any atom is 0.206 e. The normalized spacial score (nSPS) is 12.7. The zero-order valence-corrected chi connectivity index (χ0v) is 18.0. The molecule has 0 saturated carbocycles. The van der Waals surface area contributed by atoms with E-state index in [0.29, 0.717) is 19.8 Å². The van der Waals surface area contributed by atoms with Crippen LogP contribution in [-0.2, 0) is 20.6 Å². The van der Waals surface area contributed by atoms with Crippen LogP contribution in [0.2, 0.25) is 20.1 Å². The molecule has 0 amide bonds. The van der Waals surface area contributed by atoms with Gasteiger partial charge in [0.1, 0.15) is 0 Å². The van der Waals surface area contributed by atoms with E-state index in [0.717, 1.165) is 0 Å². The Hall–Kier alpha value is -1.08. The van der Waals surface area contributed by atoms with Gasteiger partial charge in [0, 0.05) is 29.9 Å². The average Bonchev–Trinajstić information content (AvgIpc) is 2.59. The van der Waals surface area contributed by atoms with Crippen LogP contribution in [0.25, 0.3) is 0 Å². The molecule has 0 aromatic heterocycles. The Kier molecular flexibility index (Phi) is 6.21. The molecule has 0 aliphatic carbocycles. The van der Waals surface area contributed by atoms with Gasteiger partial charge in [-0.3, -0.25) is 0 Å². The Bertz CT molecular complexity index is 1120. The first-order chi connectivity index (χ1) is 12.7. The van der Waals surface area contributed by atoms with Crippen LogP contribution < -0.4 is 0 Å². The van der Waals surface area contributed by atoms with Gasteiger partial charge in [0.05, 0.1) is 20.6 Å². The molecule has 0 fully saturated rings. The standard InChI is InChI=1S/C18H10Cl4O3S2/c19-11-4-12(20)7-16(6-11)26(23)15-2-1-3-17(10-15)27(24,25)18-8-13(21)5-14(22)9-18/h1-10H. The molecule has 3 nitrogen and oxygen atoms in total. The lowest BCUT2D eigenvalue weighted by molar-refractivity contribution is 0.596. The van der Waals surface area contributed by atoms with Crippen LogP contribution in [0.5, 0.6) is 0 Å². The maximum atomic E-state index is 12.9. The fourth-order valence-corrected chi connectivity index (χ4v) is 6.29. The van der Waals surface area contributed by atoms with Gasteiger partial charge in [-0.1, -0.05) is 52.5 Å². The minimum absolute atomic E-state index is 0.0280. The lowest BCUT2D eigenvalue weighted by atomic mass is 10.3. The van der Waals surface area contributed by atoms with E-state index in [1.165, 1.54) is 54.6 Å². The summed E-state index contributed by atoms with van der Waals surface area (Å²) in [5.74, 6) is 0. The smallest absolute Gasteiger partial charge is 0.206 e. The first kappa shape index (κ1) is 20.6. The summed E-state index contributed by atoms with van der Waals surface area (Å²) in [6.07, 6.45) is 0. The van der Waals surface area contributed by atoms with Gasteiger partial charge in [0.2, 0.25) is 9.84 Å². The van der Waals surface area contributed by atoms with Crippen molar-refractivity contribution in [2.24, 2.45) is 0 Å². The number of sulfone groups is 1. The molecule has 0 bridgehead atoms. The number of benzene rings is 3. The highest BCUT2D eigenvalue weighted by Crippen LogP contribution is 2.30. The van der Waals surface area contributed by atoms with Crippen LogP contribution in [0.15, 0.2) is 80.2 Å². The summed E-state index contributed by atoms with van der Waals surface area (Å²) < 4.78 is 38.6. The summed E-state index contributed by atoms with van der Waals surface area (Å²) >= 11 is 23.7. The van der Waals surface area contributed by atoms with E-state index in [1.54, 1.807) is 6.07 Å². The number of hydrogen-bond donors (Lipinski definition) is 0. The summed E-state index contributed by atoms with van der Waals surface area (Å²) in [4.78, 5) is 0.587. The molecule has 27 heavy (non-hydrogen) atoms. The quantitative estimate of drug-likeness (QED) is 0.441. The van der Waals surface area contributed by atoms with Crippen molar-refractivity contribution in [3.63, 3.8) is 0 Å². The van der Waals surface area contributed by atoms with E-state index in [-0.39, 0.29) is 19.8 Å². The second kappa shape index (κ2) is 8.11. The van der Waals surface area contributed by atoms with Gasteiger partial charge in [0.15, 0.2) is 0 Å². The van der Waals surface area contributed by atoms with Crippen molar-refractivity contribution in [1.82, 2.24) is 0 Å². The Morgan fingerprint density at radius 3 is 1.70 bits per heavy atom. The van der Waals surface area contributed by atoms with Crippen molar-refractivity contribution in [3.05, 3.63) is 80.8 Å². The third kappa shape index (κ3) is 4.67. The van der Waals surface area contributed by atoms with Crippen LogP contribution in [-0.4, -0.2) is 12.6 Å². The Balaban J connectivity index is 2.06. The minimum atomic E-state index is -3.89. The van der Waals surface area contributed by atoms with E-state index in [1.807, 2.05) is 0 Å². The highest BCUT2D eigenvalue weighted by Gasteiger charge is 2.20. The molecule has 0 aliphatic rings. The summed E-state index contributed by atoms with van der Waals surface area (Å²) in [6.45, 7) is 0. The summed E-state index contributed by atoms with van der Waals surface area (Å²) in [5.41, 5.74) is 0. The van der Waals surface area contributed by atoms with Gasteiger partial charge < -0.3 is 0 Å². The van der Waals surface area contributed by atoms with Crippen LogP contribution >= 0.6 is 46.4 Å². The topological polar surface area (TPSA) is 51.2 Å². The zero-order valence-electron chi connectivity index (χ0n) is 13.3. The summed E-state index contributed by atoms with van der Waals surface area (Å²) in [5, 5.41) is 1.08. The molecule has 0 saturated heterocycles. The highest BCUT2D eigenvalue weighted by molar-refractivity contribution is 7.91. The summed E-state index contributed by atoms with van der Waals surface area (Å²) in [7, 11) is -5.56. The molecule has 0 N–H and O–H groups in total. The van der Waals surface area contributed by atoms with E-state index in [4.69, 9.17) is 46.4 Å². The predicted molar refractivity (Wildman–Crippen MR) is 109 cm³/mol. The molecule has 0 aliphatic heterocycles. The summed E-state index contributed by atoms with van der Waals surface area (Å²) in [6, 6.07) is 14.4. The fraction of sp³-hybridized carbons (Fsp3) is 0. The molecule has 3 aromatic rings. The van der Waals surface area contributed by atoms with Gasteiger partial charge in [-0.25, -0.2) is 12.6 Å². The predicted octanol–water partition coefficient (Wildman–Crippen LogP) is 6.30. The molecule has 1 atom stereocenters. The molecular weight excluding hydrogens is 470 g/mol. The molecular formula is C18H10Cl4O3S2. The van der Waals surface area contributed by atoms with E-state index < -0.39 is 20.6 Å². The first-order valence-electron chi connectivity index (χ1n) is 7.36. The van der Waals surface area contributed by atoms with Crippen molar-refractivity contribution < 1.29 is 12.6 Å². The lowest BCUT2D eigenvalue weighted by Gasteiger charge is -2.09. The third-order valence-electron chi connectivity index (χ3n) is 3.53. The van der Waals surface area contributed by atoms with Crippen LogP contribution in [0.4, 0.5) is 0 Å². The van der Waals surface area contributed by atoms with Gasteiger partial charge in [-0.15, -0.1) is 0 Å². The zero-order chi connectivity index (χ0) is 19.8. The van der Waals surface area contributed by atoms with Crippen molar-refractivity contribution in [3.8, 4) is 0 Å². The molecule has 9 heteroatoms. The SMILES string of the molecule is O=S(c1cc(Cl)cc(Cl)c1)c1cccc(S(=O)(=O)c2cc(Cl)cc(Cl)c2)c1. The van der Waals surface area contributed by atoms with E-state index >= 15 is 0 Å². The van der Waals surface area contributed by atoms with Gasteiger partial charge in [-0.2, -0.15) is 0 Å². The fourth-order valence-electron chi connectivity index (χ4n) is 2.35. The molecule has 3 rings (SSSR count). The lowest BCUT2D eigenvalue weighted by Crippen LogP contribution is -2.03. The van der Waals surface area contributed by atoms with E-state index in [2.05, 4.69) is 0 Å².